The monoisotopic (exact) mass is 384 g/mol. The van der Waals surface area contributed by atoms with Crippen LogP contribution in [0.15, 0.2) is 34.5 Å². The molecule has 146 valence electrons. The Morgan fingerprint density at radius 3 is 2.75 bits per heavy atom. The van der Waals surface area contributed by atoms with Crippen molar-refractivity contribution in [1.29, 1.82) is 0 Å². The zero-order valence-corrected chi connectivity index (χ0v) is 15.6. The second-order valence-corrected chi connectivity index (χ2v) is 6.48. The van der Waals surface area contributed by atoms with E-state index in [1.54, 1.807) is 16.8 Å². The quantitative estimate of drug-likeness (QED) is 0.637. The van der Waals surface area contributed by atoms with E-state index in [1.165, 1.54) is 12.1 Å². The largest absolute Gasteiger partial charge is 0.492 e. The summed E-state index contributed by atoms with van der Waals surface area (Å²) in [5.74, 6) is 3.06. The van der Waals surface area contributed by atoms with E-state index < -0.39 is 5.66 Å². The van der Waals surface area contributed by atoms with E-state index in [9.17, 15) is 9.18 Å². The number of carbonyl (C=O) groups is 1. The number of amides is 1. The molecule has 0 radical (unpaired) electrons. The molecule has 2 aromatic rings. The molecule has 0 saturated heterocycles. The van der Waals surface area contributed by atoms with Gasteiger partial charge >= 0.3 is 0 Å². The predicted molar refractivity (Wildman–Crippen MR) is 100 cm³/mol. The van der Waals surface area contributed by atoms with Gasteiger partial charge in [0.15, 0.2) is 11.5 Å². The smallest absolute Gasteiger partial charge is 0.225 e. The van der Waals surface area contributed by atoms with Gasteiger partial charge in [-0.15, -0.1) is 17.4 Å². The van der Waals surface area contributed by atoms with Crippen LogP contribution in [0.3, 0.4) is 0 Å². The minimum absolute atomic E-state index is 0.171. The number of terminal acetylenes is 1. The summed E-state index contributed by atoms with van der Waals surface area (Å²) in [5.41, 5.74) is 0.243. The highest BCUT2D eigenvalue weighted by molar-refractivity contribution is 5.90. The number of benzene rings is 1. The number of nitrogens with zero attached hydrogens (tertiary/aromatic N) is 5. The van der Waals surface area contributed by atoms with E-state index in [4.69, 9.17) is 11.2 Å². The van der Waals surface area contributed by atoms with Gasteiger partial charge in [0.1, 0.15) is 18.2 Å². The number of hydrogen-bond acceptors (Lipinski definition) is 6. The van der Waals surface area contributed by atoms with E-state index in [0.717, 1.165) is 5.69 Å². The lowest BCUT2D eigenvalue weighted by atomic mass is 10.0. The van der Waals surface area contributed by atoms with Gasteiger partial charge in [-0.2, -0.15) is 10.2 Å². The molecule has 1 aromatic carbocycles. The van der Waals surface area contributed by atoms with Crippen LogP contribution < -0.4 is 10.1 Å². The van der Waals surface area contributed by atoms with Crippen molar-refractivity contribution in [3.8, 4) is 18.1 Å². The number of carbonyl (C=O) groups excluding carboxylic acids is 1. The number of hydrogen-bond donors (Lipinski definition) is 1. The molecule has 3 rings (SSSR count). The van der Waals surface area contributed by atoms with Gasteiger partial charge in [-0.3, -0.25) is 4.79 Å². The van der Waals surface area contributed by atoms with Crippen molar-refractivity contribution in [2.75, 3.05) is 11.9 Å². The molecule has 0 unspecified atom stereocenters. The Morgan fingerprint density at radius 2 is 2.07 bits per heavy atom. The minimum Gasteiger partial charge on any atom is -0.492 e. The molecule has 9 heteroatoms. The highest BCUT2D eigenvalue weighted by Gasteiger charge is 2.39. The first kappa shape index (κ1) is 19.5. The van der Waals surface area contributed by atoms with E-state index in [2.05, 4.69) is 31.8 Å². The first-order chi connectivity index (χ1) is 13.5. The Balaban J connectivity index is 1.44. The lowest BCUT2D eigenvalue weighted by Gasteiger charge is -2.09. The first-order valence-electron chi connectivity index (χ1n) is 8.97. The number of halogens is 1. The fourth-order valence-corrected chi connectivity index (χ4v) is 2.65. The van der Waals surface area contributed by atoms with E-state index in [0.29, 0.717) is 44.0 Å². The van der Waals surface area contributed by atoms with Crippen molar-refractivity contribution in [3.05, 3.63) is 35.8 Å². The van der Waals surface area contributed by atoms with E-state index in [-0.39, 0.29) is 18.1 Å². The van der Waals surface area contributed by atoms with E-state index in [1.807, 2.05) is 6.92 Å². The number of ether oxygens (including phenoxy) is 1. The number of anilines is 1. The standard InChI is InChI=1S/C19H21FN6O2/c1-3-4-10-19(23-24-19)11-9-17(27)21-18-14(2)26(25-22-18)12-13-28-16-7-5-15(20)6-8-16/h1,5-8H,4,9-13H2,2H3,(H,21,27). The maximum absolute atomic E-state index is 12.9. The minimum atomic E-state index is -0.478. The molecule has 0 fully saturated rings. The molecule has 0 aliphatic carbocycles. The van der Waals surface area contributed by atoms with Crippen molar-refractivity contribution in [2.24, 2.45) is 10.2 Å². The number of rotatable bonds is 10. The van der Waals surface area contributed by atoms with Crippen LogP contribution in [-0.4, -0.2) is 33.2 Å². The van der Waals surface area contributed by atoms with Crippen LogP contribution in [0.5, 0.6) is 5.75 Å². The normalized spacial score (nSPS) is 13.8. The van der Waals surface area contributed by atoms with Crippen LogP contribution >= 0.6 is 0 Å². The van der Waals surface area contributed by atoms with Gasteiger partial charge in [-0.1, -0.05) is 5.21 Å². The summed E-state index contributed by atoms with van der Waals surface area (Å²) < 4.78 is 20.1. The van der Waals surface area contributed by atoms with Crippen molar-refractivity contribution >= 4 is 11.7 Å². The summed E-state index contributed by atoms with van der Waals surface area (Å²) in [5, 5.41) is 18.8. The third-order valence-corrected chi connectivity index (χ3v) is 4.43. The van der Waals surface area contributed by atoms with Crippen molar-refractivity contribution < 1.29 is 13.9 Å². The Hall–Kier alpha value is -3.28. The Bertz CT molecular complexity index is 894. The lowest BCUT2D eigenvalue weighted by Crippen LogP contribution is -2.18. The van der Waals surface area contributed by atoms with Gasteiger partial charge < -0.3 is 10.1 Å². The third kappa shape index (κ3) is 5.13. The van der Waals surface area contributed by atoms with Crippen LogP contribution in [0, 0.1) is 25.1 Å². The average Bonchev–Trinajstić information content (AvgIpc) is 3.39. The van der Waals surface area contributed by atoms with E-state index >= 15 is 0 Å². The summed E-state index contributed by atoms with van der Waals surface area (Å²) in [7, 11) is 0. The zero-order valence-electron chi connectivity index (χ0n) is 15.6. The predicted octanol–water partition coefficient (Wildman–Crippen LogP) is 3.10. The SMILES string of the molecule is C#CCCC1(CCC(=O)Nc2nnn(CCOc3ccc(F)cc3)c2C)N=N1. The third-order valence-electron chi connectivity index (χ3n) is 4.43. The molecule has 0 bridgehead atoms. The fourth-order valence-electron chi connectivity index (χ4n) is 2.65. The molecule has 8 nitrogen and oxygen atoms in total. The van der Waals surface area contributed by atoms with Crippen molar-refractivity contribution in [2.45, 2.75) is 44.8 Å². The number of nitrogens with one attached hydrogen (secondary N) is 1. The molecule has 0 saturated carbocycles. The molecule has 1 aliphatic heterocycles. The van der Waals surface area contributed by atoms with Crippen LogP contribution in [0.25, 0.3) is 0 Å². The van der Waals surface area contributed by atoms with Gasteiger partial charge in [0.05, 0.1) is 12.2 Å². The molecule has 28 heavy (non-hydrogen) atoms. The highest BCUT2D eigenvalue weighted by Crippen LogP contribution is 2.37. The second-order valence-electron chi connectivity index (χ2n) is 6.48. The molecule has 0 spiro atoms. The highest BCUT2D eigenvalue weighted by atomic mass is 19.1. The molecule has 2 heterocycles. The van der Waals surface area contributed by atoms with Crippen LogP contribution in [-0.2, 0) is 11.3 Å². The molecule has 1 aliphatic rings. The number of aromatic nitrogens is 3. The first-order valence-corrected chi connectivity index (χ1v) is 8.97. The summed E-state index contributed by atoms with van der Waals surface area (Å²) in [6.07, 6.45) is 7.31. The average molecular weight is 384 g/mol. The molecule has 1 amide bonds. The summed E-state index contributed by atoms with van der Waals surface area (Å²) in [6.45, 7) is 2.59. The zero-order chi connectivity index (χ0) is 20.0. The van der Waals surface area contributed by atoms with Gasteiger partial charge in [0, 0.05) is 25.7 Å². The van der Waals surface area contributed by atoms with Crippen molar-refractivity contribution in [1.82, 2.24) is 15.0 Å². The van der Waals surface area contributed by atoms with Crippen molar-refractivity contribution in [3.63, 3.8) is 0 Å². The summed E-state index contributed by atoms with van der Waals surface area (Å²) in [4.78, 5) is 12.2. The molecule has 1 N–H and O–H groups in total. The maximum atomic E-state index is 12.9. The van der Waals surface area contributed by atoms with Gasteiger partial charge in [0.2, 0.25) is 5.91 Å². The molecular weight excluding hydrogens is 363 g/mol. The van der Waals surface area contributed by atoms with Crippen LogP contribution in [0.1, 0.15) is 31.4 Å². The van der Waals surface area contributed by atoms with Gasteiger partial charge in [0.25, 0.3) is 0 Å². The molecule has 1 aromatic heterocycles. The lowest BCUT2D eigenvalue weighted by molar-refractivity contribution is -0.116. The Morgan fingerprint density at radius 1 is 1.32 bits per heavy atom. The Kier molecular flexibility index (Phi) is 5.99. The molecule has 0 atom stereocenters. The van der Waals surface area contributed by atoms with Gasteiger partial charge in [-0.25, -0.2) is 9.07 Å². The van der Waals surface area contributed by atoms with Crippen LogP contribution in [0.2, 0.25) is 0 Å². The fraction of sp³-hybridized carbons (Fsp3) is 0.421. The topological polar surface area (TPSA) is 93.8 Å². The van der Waals surface area contributed by atoms with Gasteiger partial charge in [-0.05, 0) is 31.2 Å². The maximum Gasteiger partial charge on any atom is 0.225 e. The Labute approximate surface area is 162 Å². The summed E-state index contributed by atoms with van der Waals surface area (Å²) >= 11 is 0. The summed E-state index contributed by atoms with van der Waals surface area (Å²) in [6, 6.07) is 5.79. The molecular formula is C19H21FN6O2. The van der Waals surface area contributed by atoms with Crippen LogP contribution in [0.4, 0.5) is 10.2 Å². The second kappa shape index (κ2) is 8.61.